The molecule has 0 amide bonds. The molecule has 0 bridgehead atoms. The number of carboxylic acids is 1. The van der Waals surface area contributed by atoms with Crippen LogP contribution in [-0.4, -0.2) is 11.1 Å². The predicted octanol–water partition coefficient (Wildman–Crippen LogP) is 2.95. The zero-order valence-electron chi connectivity index (χ0n) is 9.23. The first-order valence-corrected chi connectivity index (χ1v) is 5.47. The van der Waals surface area contributed by atoms with Gasteiger partial charge in [-0.3, -0.25) is 4.79 Å². The number of carboxylic acid groups (broad SMARTS) is 1. The molecule has 0 heterocycles. The van der Waals surface area contributed by atoms with Gasteiger partial charge in [0.05, 0.1) is 5.92 Å². The molecule has 1 aliphatic carbocycles. The van der Waals surface area contributed by atoms with Crippen LogP contribution in [0.15, 0.2) is 12.2 Å². The predicted molar refractivity (Wildman–Crippen MR) is 57.0 cm³/mol. The molecule has 0 aromatic heterocycles. The molecule has 0 aromatic carbocycles. The monoisotopic (exact) mass is 196 g/mol. The molecule has 4 atom stereocenters. The average Bonchev–Trinajstić information content (AvgIpc) is 2.11. The number of allylic oxidation sites excluding steroid dienone is 2. The first-order chi connectivity index (χ1) is 6.56. The Labute approximate surface area is 86.0 Å². The summed E-state index contributed by atoms with van der Waals surface area (Å²) >= 11 is 0. The van der Waals surface area contributed by atoms with Crippen LogP contribution in [0, 0.1) is 23.7 Å². The number of hydrogen-bond acceptors (Lipinski definition) is 1. The SMILES string of the molecule is CCC(CC(C)C1C=CC1C)C(=O)O. The largest absolute Gasteiger partial charge is 0.481 e. The first kappa shape index (κ1) is 11.3. The Bertz CT molecular complexity index is 232. The maximum atomic E-state index is 10.9. The highest BCUT2D eigenvalue weighted by Gasteiger charge is 2.28. The molecule has 1 rings (SSSR count). The Morgan fingerprint density at radius 3 is 2.43 bits per heavy atom. The third kappa shape index (κ3) is 2.37. The van der Waals surface area contributed by atoms with Gasteiger partial charge in [0.15, 0.2) is 0 Å². The van der Waals surface area contributed by atoms with Gasteiger partial charge in [-0.25, -0.2) is 0 Å². The molecule has 80 valence electrons. The standard InChI is InChI=1S/C12H20O2/c1-4-10(12(13)14)7-9(3)11-6-5-8(11)2/h5-6,8-11H,4,7H2,1-3H3,(H,13,14). The van der Waals surface area contributed by atoms with Gasteiger partial charge < -0.3 is 5.11 Å². The van der Waals surface area contributed by atoms with Crippen LogP contribution in [0.3, 0.4) is 0 Å². The van der Waals surface area contributed by atoms with Gasteiger partial charge in [-0.05, 0) is 30.6 Å². The van der Waals surface area contributed by atoms with Crippen molar-refractivity contribution in [2.24, 2.45) is 23.7 Å². The van der Waals surface area contributed by atoms with Crippen LogP contribution in [0.1, 0.15) is 33.6 Å². The maximum Gasteiger partial charge on any atom is 0.306 e. The van der Waals surface area contributed by atoms with Crippen molar-refractivity contribution in [1.29, 1.82) is 0 Å². The van der Waals surface area contributed by atoms with Crippen LogP contribution in [-0.2, 0) is 4.79 Å². The zero-order chi connectivity index (χ0) is 10.7. The smallest absolute Gasteiger partial charge is 0.306 e. The zero-order valence-corrected chi connectivity index (χ0v) is 9.23. The summed E-state index contributed by atoms with van der Waals surface area (Å²) in [7, 11) is 0. The van der Waals surface area contributed by atoms with E-state index in [9.17, 15) is 4.79 Å². The van der Waals surface area contributed by atoms with Gasteiger partial charge in [-0.15, -0.1) is 0 Å². The minimum atomic E-state index is -0.643. The van der Waals surface area contributed by atoms with Crippen molar-refractivity contribution in [3.05, 3.63) is 12.2 Å². The van der Waals surface area contributed by atoms with Gasteiger partial charge in [0, 0.05) is 0 Å². The third-order valence-electron chi connectivity index (χ3n) is 3.40. The highest BCUT2D eigenvalue weighted by molar-refractivity contribution is 5.69. The lowest BCUT2D eigenvalue weighted by atomic mass is 9.72. The summed E-state index contributed by atoms with van der Waals surface area (Å²) in [6.07, 6.45) is 5.96. The van der Waals surface area contributed by atoms with E-state index in [2.05, 4.69) is 26.0 Å². The molecule has 0 saturated heterocycles. The van der Waals surface area contributed by atoms with E-state index < -0.39 is 5.97 Å². The summed E-state index contributed by atoms with van der Waals surface area (Å²) in [6, 6.07) is 0. The minimum absolute atomic E-state index is 0.161. The molecule has 1 N–H and O–H groups in total. The second kappa shape index (κ2) is 4.63. The fourth-order valence-electron chi connectivity index (χ4n) is 2.22. The molecule has 2 heteroatoms. The lowest BCUT2D eigenvalue weighted by Crippen LogP contribution is -2.26. The van der Waals surface area contributed by atoms with Crippen molar-refractivity contribution in [2.45, 2.75) is 33.6 Å². The highest BCUT2D eigenvalue weighted by Crippen LogP contribution is 2.35. The quantitative estimate of drug-likeness (QED) is 0.686. The van der Waals surface area contributed by atoms with Crippen molar-refractivity contribution < 1.29 is 9.90 Å². The van der Waals surface area contributed by atoms with Gasteiger partial charge >= 0.3 is 5.97 Å². The summed E-state index contributed by atoms with van der Waals surface area (Å²) < 4.78 is 0. The van der Waals surface area contributed by atoms with Crippen LogP contribution in [0.2, 0.25) is 0 Å². The summed E-state index contributed by atoms with van der Waals surface area (Å²) in [5.41, 5.74) is 0. The third-order valence-corrected chi connectivity index (χ3v) is 3.40. The molecule has 1 aliphatic rings. The lowest BCUT2D eigenvalue weighted by molar-refractivity contribution is -0.142. The van der Waals surface area contributed by atoms with E-state index in [1.165, 1.54) is 0 Å². The van der Waals surface area contributed by atoms with Crippen molar-refractivity contribution >= 4 is 5.97 Å². The molecule has 0 aliphatic heterocycles. The van der Waals surface area contributed by atoms with E-state index in [0.29, 0.717) is 17.8 Å². The van der Waals surface area contributed by atoms with Crippen molar-refractivity contribution in [3.63, 3.8) is 0 Å². The van der Waals surface area contributed by atoms with Gasteiger partial charge in [0.25, 0.3) is 0 Å². The molecule has 2 nitrogen and oxygen atoms in total. The Morgan fingerprint density at radius 1 is 1.50 bits per heavy atom. The van der Waals surface area contributed by atoms with Gasteiger partial charge in [-0.1, -0.05) is 32.9 Å². The Hall–Kier alpha value is -0.790. The van der Waals surface area contributed by atoms with E-state index in [4.69, 9.17) is 5.11 Å². The second-order valence-corrected chi connectivity index (χ2v) is 4.48. The first-order valence-electron chi connectivity index (χ1n) is 5.47. The van der Waals surface area contributed by atoms with E-state index in [1.54, 1.807) is 0 Å². The van der Waals surface area contributed by atoms with Crippen molar-refractivity contribution in [3.8, 4) is 0 Å². The van der Waals surface area contributed by atoms with E-state index in [1.807, 2.05) is 6.92 Å². The minimum Gasteiger partial charge on any atom is -0.481 e. The number of aliphatic carboxylic acids is 1. The molecule has 0 fully saturated rings. The fraction of sp³-hybridized carbons (Fsp3) is 0.750. The van der Waals surface area contributed by atoms with Gasteiger partial charge in [-0.2, -0.15) is 0 Å². The molecular weight excluding hydrogens is 176 g/mol. The van der Waals surface area contributed by atoms with Crippen LogP contribution in [0.5, 0.6) is 0 Å². The molecule has 0 radical (unpaired) electrons. The van der Waals surface area contributed by atoms with Gasteiger partial charge in [0.1, 0.15) is 0 Å². The summed E-state index contributed by atoms with van der Waals surface area (Å²) in [6.45, 7) is 6.31. The number of carbonyl (C=O) groups is 1. The molecule has 14 heavy (non-hydrogen) atoms. The Morgan fingerprint density at radius 2 is 2.14 bits per heavy atom. The normalized spacial score (nSPS) is 29.4. The summed E-state index contributed by atoms with van der Waals surface area (Å²) in [4.78, 5) is 10.9. The summed E-state index contributed by atoms with van der Waals surface area (Å²) in [5.74, 6) is 0.928. The molecule has 0 spiro atoms. The second-order valence-electron chi connectivity index (χ2n) is 4.48. The maximum absolute atomic E-state index is 10.9. The average molecular weight is 196 g/mol. The Balaban J connectivity index is 2.42. The van der Waals surface area contributed by atoms with Crippen LogP contribution in [0.25, 0.3) is 0 Å². The topological polar surface area (TPSA) is 37.3 Å². The van der Waals surface area contributed by atoms with Crippen LogP contribution < -0.4 is 0 Å². The highest BCUT2D eigenvalue weighted by atomic mass is 16.4. The number of rotatable bonds is 5. The van der Waals surface area contributed by atoms with E-state index in [-0.39, 0.29) is 5.92 Å². The van der Waals surface area contributed by atoms with E-state index in [0.717, 1.165) is 12.8 Å². The fourth-order valence-corrected chi connectivity index (χ4v) is 2.22. The molecule has 0 saturated carbocycles. The van der Waals surface area contributed by atoms with Crippen LogP contribution >= 0.6 is 0 Å². The lowest BCUT2D eigenvalue weighted by Gasteiger charge is -2.32. The molecule has 0 aromatic rings. The van der Waals surface area contributed by atoms with Crippen molar-refractivity contribution in [1.82, 2.24) is 0 Å². The van der Waals surface area contributed by atoms with Crippen LogP contribution in [0.4, 0.5) is 0 Å². The number of hydrogen-bond donors (Lipinski definition) is 1. The Kier molecular flexibility index (Phi) is 3.73. The van der Waals surface area contributed by atoms with E-state index >= 15 is 0 Å². The van der Waals surface area contributed by atoms with Gasteiger partial charge in [0.2, 0.25) is 0 Å². The summed E-state index contributed by atoms with van der Waals surface area (Å²) in [5, 5.41) is 8.94. The molecular formula is C12H20O2. The molecule has 4 unspecified atom stereocenters. The van der Waals surface area contributed by atoms with Crippen molar-refractivity contribution in [2.75, 3.05) is 0 Å².